The Morgan fingerprint density at radius 3 is 2.72 bits per heavy atom. The topological polar surface area (TPSA) is 18.5 Å². The second-order valence-corrected chi connectivity index (χ2v) is 5.35. The fourth-order valence-electron chi connectivity index (χ4n) is 3.14. The molecule has 0 aliphatic carbocycles. The van der Waals surface area contributed by atoms with Crippen LogP contribution in [-0.4, -0.2) is 37.6 Å². The van der Waals surface area contributed by atoms with Crippen LogP contribution in [0.15, 0.2) is 18.2 Å². The number of rotatable bonds is 3. The second-order valence-electron chi connectivity index (χ2n) is 5.35. The van der Waals surface area contributed by atoms with Gasteiger partial charge in [-0.1, -0.05) is 19.1 Å². The minimum absolute atomic E-state index is 1.04. The van der Waals surface area contributed by atoms with Gasteiger partial charge in [-0.3, -0.25) is 4.90 Å². The Morgan fingerprint density at radius 2 is 1.94 bits per heavy atom. The average molecular weight is 245 g/mol. The van der Waals surface area contributed by atoms with E-state index in [0.717, 1.165) is 13.1 Å². The molecule has 3 nitrogen and oxygen atoms in total. The quantitative estimate of drug-likeness (QED) is 0.876. The predicted octanol–water partition coefficient (Wildman–Crippen LogP) is 1.82. The standard InChI is InChI=1S/C15H23N3/c1-2-6-17-7-9-18(10-8-17)15-5-3-4-13-11-16-12-14(13)15/h3-5,16H,2,6-12H2,1H3. The van der Waals surface area contributed by atoms with Crippen LogP contribution in [-0.2, 0) is 13.1 Å². The average Bonchev–Trinajstić information content (AvgIpc) is 2.88. The maximum Gasteiger partial charge on any atom is 0.0416 e. The van der Waals surface area contributed by atoms with Crippen LogP contribution in [0.4, 0.5) is 5.69 Å². The highest BCUT2D eigenvalue weighted by Gasteiger charge is 2.21. The Morgan fingerprint density at radius 1 is 1.11 bits per heavy atom. The van der Waals surface area contributed by atoms with Gasteiger partial charge in [0.2, 0.25) is 0 Å². The van der Waals surface area contributed by atoms with Crippen molar-refractivity contribution < 1.29 is 0 Å². The van der Waals surface area contributed by atoms with E-state index in [9.17, 15) is 0 Å². The van der Waals surface area contributed by atoms with Crippen molar-refractivity contribution in [2.24, 2.45) is 0 Å². The number of hydrogen-bond donors (Lipinski definition) is 1. The van der Waals surface area contributed by atoms with Crippen molar-refractivity contribution >= 4 is 5.69 Å². The summed E-state index contributed by atoms with van der Waals surface area (Å²) in [5.74, 6) is 0. The molecule has 0 bridgehead atoms. The molecule has 1 fully saturated rings. The lowest BCUT2D eigenvalue weighted by Crippen LogP contribution is -2.46. The molecular formula is C15H23N3. The summed E-state index contributed by atoms with van der Waals surface area (Å²) in [5, 5.41) is 3.46. The summed E-state index contributed by atoms with van der Waals surface area (Å²) in [6, 6.07) is 6.76. The zero-order valence-corrected chi connectivity index (χ0v) is 11.3. The maximum atomic E-state index is 3.46. The molecule has 0 aromatic heterocycles. The zero-order valence-electron chi connectivity index (χ0n) is 11.3. The molecule has 2 aliphatic heterocycles. The summed E-state index contributed by atoms with van der Waals surface area (Å²) in [5.41, 5.74) is 4.48. The third kappa shape index (κ3) is 2.25. The van der Waals surface area contributed by atoms with Crippen LogP contribution in [0.3, 0.4) is 0 Å². The highest BCUT2D eigenvalue weighted by Crippen LogP contribution is 2.28. The van der Waals surface area contributed by atoms with E-state index in [1.807, 2.05) is 0 Å². The number of fused-ring (bicyclic) bond motifs is 1. The van der Waals surface area contributed by atoms with Crippen molar-refractivity contribution in [3.63, 3.8) is 0 Å². The molecule has 0 atom stereocenters. The van der Waals surface area contributed by atoms with Gasteiger partial charge in [0.1, 0.15) is 0 Å². The first-order chi connectivity index (χ1) is 8.88. The highest BCUT2D eigenvalue weighted by molar-refractivity contribution is 5.58. The van der Waals surface area contributed by atoms with Gasteiger partial charge in [-0.2, -0.15) is 0 Å². The molecule has 0 radical (unpaired) electrons. The van der Waals surface area contributed by atoms with Gasteiger partial charge in [-0.05, 0) is 30.2 Å². The van der Waals surface area contributed by atoms with Gasteiger partial charge in [0.25, 0.3) is 0 Å². The first-order valence-electron chi connectivity index (χ1n) is 7.17. The molecular weight excluding hydrogens is 222 g/mol. The van der Waals surface area contributed by atoms with Gasteiger partial charge in [0.05, 0.1) is 0 Å². The van der Waals surface area contributed by atoms with Gasteiger partial charge in [-0.15, -0.1) is 0 Å². The lowest BCUT2D eigenvalue weighted by Gasteiger charge is -2.36. The molecule has 2 heterocycles. The molecule has 2 aliphatic rings. The molecule has 1 saturated heterocycles. The highest BCUT2D eigenvalue weighted by atomic mass is 15.3. The normalized spacial score (nSPS) is 20.2. The van der Waals surface area contributed by atoms with Crippen LogP contribution in [0.2, 0.25) is 0 Å². The Kier molecular flexibility index (Phi) is 3.52. The van der Waals surface area contributed by atoms with Gasteiger partial charge >= 0.3 is 0 Å². The summed E-state index contributed by atoms with van der Waals surface area (Å²) in [4.78, 5) is 5.15. The van der Waals surface area contributed by atoms with Gasteiger partial charge < -0.3 is 10.2 Å². The van der Waals surface area contributed by atoms with Crippen molar-refractivity contribution in [3.05, 3.63) is 29.3 Å². The monoisotopic (exact) mass is 245 g/mol. The lowest BCUT2D eigenvalue weighted by atomic mass is 10.1. The summed E-state index contributed by atoms with van der Waals surface area (Å²) in [6.07, 6.45) is 1.27. The van der Waals surface area contributed by atoms with Crippen LogP contribution in [0.1, 0.15) is 24.5 Å². The molecule has 0 spiro atoms. The number of benzene rings is 1. The minimum Gasteiger partial charge on any atom is -0.369 e. The second kappa shape index (κ2) is 5.29. The summed E-state index contributed by atoms with van der Waals surface area (Å²) < 4.78 is 0. The van der Waals surface area contributed by atoms with Crippen LogP contribution < -0.4 is 10.2 Å². The van der Waals surface area contributed by atoms with Crippen molar-refractivity contribution in [2.75, 3.05) is 37.6 Å². The molecule has 98 valence electrons. The molecule has 0 amide bonds. The number of hydrogen-bond acceptors (Lipinski definition) is 3. The fraction of sp³-hybridized carbons (Fsp3) is 0.600. The molecule has 3 heteroatoms. The Labute approximate surface area is 110 Å². The van der Waals surface area contributed by atoms with Crippen molar-refractivity contribution in [3.8, 4) is 0 Å². The third-order valence-corrected chi connectivity index (χ3v) is 4.12. The van der Waals surface area contributed by atoms with Gasteiger partial charge in [0, 0.05) is 45.0 Å². The van der Waals surface area contributed by atoms with E-state index in [0.29, 0.717) is 0 Å². The van der Waals surface area contributed by atoms with Gasteiger partial charge in [0.15, 0.2) is 0 Å². The summed E-state index contributed by atoms with van der Waals surface area (Å²) >= 11 is 0. The Hall–Kier alpha value is -1.06. The van der Waals surface area contributed by atoms with Crippen molar-refractivity contribution in [2.45, 2.75) is 26.4 Å². The van der Waals surface area contributed by atoms with E-state index in [4.69, 9.17) is 0 Å². The molecule has 18 heavy (non-hydrogen) atoms. The molecule has 1 aromatic rings. The third-order valence-electron chi connectivity index (χ3n) is 4.12. The molecule has 0 unspecified atom stereocenters. The van der Waals surface area contributed by atoms with Gasteiger partial charge in [-0.25, -0.2) is 0 Å². The zero-order chi connectivity index (χ0) is 12.4. The van der Waals surface area contributed by atoms with E-state index in [1.165, 1.54) is 56.0 Å². The van der Waals surface area contributed by atoms with Crippen molar-refractivity contribution in [1.29, 1.82) is 0 Å². The maximum absolute atomic E-state index is 3.46. The van der Waals surface area contributed by atoms with E-state index >= 15 is 0 Å². The predicted molar refractivity (Wildman–Crippen MR) is 75.9 cm³/mol. The Balaban J connectivity index is 1.71. The van der Waals surface area contributed by atoms with Crippen LogP contribution in [0, 0.1) is 0 Å². The largest absolute Gasteiger partial charge is 0.369 e. The molecule has 1 N–H and O–H groups in total. The van der Waals surface area contributed by atoms with Crippen LogP contribution in [0.25, 0.3) is 0 Å². The molecule has 3 rings (SSSR count). The lowest BCUT2D eigenvalue weighted by molar-refractivity contribution is 0.258. The number of piperazine rings is 1. The SMILES string of the molecule is CCCN1CCN(c2cccc3c2CNC3)CC1. The smallest absolute Gasteiger partial charge is 0.0416 e. The fourth-order valence-corrected chi connectivity index (χ4v) is 3.14. The first kappa shape index (κ1) is 12.0. The minimum atomic E-state index is 1.04. The molecule has 0 saturated carbocycles. The van der Waals surface area contributed by atoms with Crippen LogP contribution >= 0.6 is 0 Å². The van der Waals surface area contributed by atoms with E-state index in [-0.39, 0.29) is 0 Å². The van der Waals surface area contributed by atoms with E-state index in [1.54, 1.807) is 0 Å². The van der Waals surface area contributed by atoms with Crippen molar-refractivity contribution in [1.82, 2.24) is 10.2 Å². The number of anilines is 1. The van der Waals surface area contributed by atoms with Crippen LogP contribution in [0.5, 0.6) is 0 Å². The Bertz CT molecular complexity index is 408. The number of nitrogens with zero attached hydrogens (tertiary/aromatic N) is 2. The van der Waals surface area contributed by atoms with E-state index < -0.39 is 0 Å². The summed E-state index contributed by atoms with van der Waals surface area (Å²) in [7, 11) is 0. The summed E-state index contributed by atoms with van der Waals surface area (Å²) in [6.45, 7) is 10.4. The first-order valence-corrected chi connectivity index (χ1v) is 7.17. The molecule has 1 aromatic carbocycles. The van der Waals surface area contributed by atoms with E-state index in [2.05, 4.69) is 40.2 Å². The number of nitrogens with one attached hydrogen (secondary N) is 1.